The van der Waals surface area contributed by atoms with Crippen molar-refractivity contribution in [3.05, 3.63) is 83.6 Å². The Morgan fingerprint density at radius 2 is 1.97 bits per heavy atom. The molecule has 3 aliphatic heterocycles. The number of hydrogen-bond acceptors (Lipinski definition) is 6. The standard InChI is InChI=1S/C25H29N7O/c1-29(25(33)16-19-6-4-3-5-7-19)20-10-14-31(15-11-20)22-18-28-32(24-9-13-27-30(24)2)23-17-26-12-8-21(22)23/h3-9,12-13,17-18,20,26H,10-11,14-16H2,1-2H3. The van der Waals surface area contributed by atoms with Crippen LogP contribution in [0.4, 0.5) is 5.82 Å². The van der Waals surface area contributed by atoms with E-state index in [0.717, 1.165) is 54.3 Å². The van der Waals surface area contributed by atoms with Crippen LogP contribution < -0.4 is 10.3 Å². The summed E-state index contributed by atoms with van der Waals surface area (Å²) in [5.74, 6) is 1.09. The van der Waals surface area contributed by atoms with E-state index < -0.39 is 0 Å². The van der Waals surface area contributed by atoms with Crippen LogP contribution in [0.15, 0.2) is 83.1 Å². The number of anilines is 1. The average Bonchev–Trinajstić information content (AvgIpc) is 3.29. The van der Waals surface area contributed by atoms with Gasteiger partial charge in [0.2, 0.25) is 5.91 Å². The Hall–Kier alpha value is -3.81. The predicted octanol–water partition coefficient (Wildman–Crippen LogP) is 2.60. The fourth-order valence-electron chi connectivity index (χ4n) is 4.66. The summed E-state index contributed by atoms with van der Waals surface area (Å²) in [6, 6.07) is 12.2. The van der Waals surface area contributed by atoms with Crippen molar-refractivity contribution in [3.8, 4) is 0 Å². The molecule has 33 heavy (non-hydrogen) atoms. The molecule has 1 amide bonds. The van der Waals surface area contributed by atoms with Gasteiger partial charge in [-0.3, -0.25) is 9.48 Å². The first-order valence-corrected chi connectivity index (χ1v) is 11.4. The molecule has 0 atom stereocenters. The normalized spacial score (nSPS) is 18.2. The van der Waals surface area contributed by atoms with Crippen molar-refractivity contribution >= 4 is 17.9 Å². The molecule has 2 aromatic rings. The zero-order chi connectivity index (χ0) is 22.8. The minimum atomic E-state index is 0.180. The molecular weight excluding hydrogens is 414 g/mol. The molecule has 1 saturated heterocycles. The van der Waals surface area contributed by atoms with Crippen molar-refractivity contribution in [2.75, 3.05) is 25.1 Å². The molecule has 0 saturated carbocycles. The third-order valence-electron chi connectivity index (χ3n) is 6.60. The smallest absolute Gasteiger partial charge is 0.226 e. The summed E-state index contributed by atoms with van der Waals surface area (Å²) < 4.78 is 1.81. The monoisotopic (exact) mass is 443 g/mol. The van der Waals surface area contributed by atoms with Crippen LogP contribution in [0.2, 0.25) is 0 Å². The van der Waals surface area contributed by atoms with Gasteiger partial charge in [0, 0.05) is 57.3 Å². The number of hydrogen-bond donors (Lipinski definition) is 1. The van der Waals surface area contributed by atoms with Crippen LogP contribution in [0.1, 0.15) is 18.4 Å². The van der Waals surface area contributed by atoms with Crippen LogP contribution in [0.3, 0.4) is 0 Å². The molecule has 4 heterocycles. The van der Waals surface area contributed by atoms with E-state index in [1.54, 1.807) is 6.20 Å². The number of aromatic nitrogens is 2. The first kappa shape index (κ1) is 21.1. The molecule has 1 aromatic heterocycles. The van der Waals surface area contributed by atoms with Crippen molar-refractivity contribution in [2.24, 2.45) is 12.1 Å². The molecule has 0 aliphatic carbocycles. The second-order valence-electron chi connectivity index (χ2n) is 8.58. The van der Waals surface area contributed by atoms with Crippen LogP contribution in [0.25, 0.3) is 0 Å². The Kier molecular flexibility index (Phi) is 5.73. The number of likely N-dealkylation sites (N-methyl/N-ethyl adjacent to an activating group) is 1. The highest BCUT2D eigenvalue weighted by Gasteiger charge is 2.30. The highest BCUT2D eigenvalue weighted by molar-refractivity contribution is 5.86. The maximum atomic E-state index is 12.8. The summed E-state index contributed by atoms with van der Waals surface area (Å²) in [4.78, 5) is 17.1. The number of carbonyl (C=O) groups excluding carboxylic acids is 1. The number of nitrogens with zero attached hydrogens (tertiary/aromatic N) is 6. The number of aryl methyl sites for hydroxylation is 1. The van der Waals surface area contributed by atoms with E-state index in [0.29, 0.717) is 6.42 Å². The van der Waals surface area contributed by atoms with Crippen molar-refractivity contribution in [1.29, 1.82) is 0 Å². The summed E-state index contributed by atoms with van der Waals surface area (Å²) in [6.07, 6.45) is 12.1. The highest BCUT2D eigenvalue weighted by atomic mass is 16.2. The topological polar surface area (TPSA) is 69.0 Å². The summed E-state index contributed by atoms with van der Waals surface area (Å²) in [7, 11) is 3.86. The van der Waals surface area contributed by atoms with Gasteiger partial charge < -0.3 is 15.1 Å². The largest absolute Gasteiger partial charge is 0.370 e. The summed E-state index contributed by atoms with van der Waals surface area (Å²) in [5, 5.41) is 14.1. The van der Waals surface area contributed by atoms with Crippen LogP contribution >= 0.6 is 0 Å². The number of fused-ring (bicyclic) bond motifs is 1. The Morgan fingerprint density at radius 1 is 1.18 bits per heavy atom. The van der Waals surface area contributed by atoms with Crippen LogP contribution in [0, 0.1) is 0 Å². The zero-order valence-corrected chi connectivity index (χ0v) is 19.1. The Bertz CT molecular complexity index is 1140. The molecule has 1 fully saturated rings. The van der Waals surface area contributed by atoms with Crippen LogP contribution in [-0.4, -0.2) is 57.9 Å². The summed E-state index contributed by atoms with van der Waals surface area (Å²) >= 11 is 0. The molecule has 1 aromatic carbocycles. The Labute approximate surface area is 194 Å². The zero-order valence-electron chi connectivity index (χ0n) is 19.1. The quantitative estimate of drug-likeness (QED) is 0.769. The second-order valence-corrected chi connectivity index (χ2v) is 8.58. The van der Waals surface area contributed by atoms with Gasteiger partial charge in [0.15, 0.2) is 5.82 Å². The number of nitrogens with one attached hydrogen (secondary N) is 1. The number of amides is 1. The Morgan fingerprint density at radius 3 is 2.70 bits per heavy atom. The number of piperidine rings is 1. The Balaban J connectivity index is 1.27. The molecule has 8 heteroatoms. The molecule has 0 bridgehead atoms. The molecular formula is C25H29N7O. The molecule has 170 valence electrons. The first-order valence-electron chi connectivity index (χ1n) is 11.4. The van der Waals surface area contributed by atoms with E-state index in [4.69, 9.17) is 5.10 Å². The van der Waals surface area contributed by atoms with Crippen LogP contribution in [-0.2, 0) is 18.3 Å². The number of carbonyl (C=O) groups is 1. The SMILES string of the molecule is CN(C(=O)Cc1ccccc1)C1CCN(C2=C3C=CNC=C3N(c3ccnn3C)N=C2)CC1. The van der Waals surface area contributed by atoms with Crippen molar-refractivity contribution in [2.45, 2.75) is 25.3 Å². The number of likely N-dealkylation sites (tertiary alicyclic amines) is 1. The third kappa shape index (κ3) is 4.16. The fourth-order valence-corrected chi connectivity index (χ4v) is 4.66. The maximum Gasteiger partial charge on any atom is 0.226 e. The minimum Gasteiger partial charge on any atom is -0.370 e. The van der Waals surface area contributed by atoms with Gasteiger partial charge in [0.05, 0.1) is 30.2 Å². The van der Waals surface area contributed by atoms with E-state index >= 15 is 0 Å². The summed E-state index contributed by atoms with van der Waals surface area (Å²) in [6.45, 7) is 1.78. The maximum absolute atomic E-state index is 12.8. The van der Waals surface area contributed by atoms with Crippen LogP contribution in [0.5, 0.6) is 0 Å². The first-order chi connectivity index (χ1) is 16.1. The van der Waals surface area contributed by atoms with Gasteiger partial charge in [-0.25, -0.2) is 5.01 Å². The molecule has 3 aliphatic rings. The van der Waals surface area contributed by atoms with Crippen molar-refractivity contribution in [1.82, 2.24) is 24.9 Å². The number of hydrazone groups is 1. The molecule has 0 unspecified atom stereocenters. The lowest BCUT2D eigenvalue weighted by molar-refractivity contribution is -0.132. The van der Waals surface area contributed by atoms with Gasteiger partial charge in [-0.2, -0.15) is 10.2 Å². The van der Waals surface area contributed by atoms with Gasteiger partial charge >= 0.3 is 0 Å². The van der Waals surface area contributed by atoms with E-state index in [2.05, 4.69) is 21.4 Å². The van der Waals surface area contributed by atoms with E-state index in [1.165, 1.54) is 0 Å². The van der Waals surface area contributed by atoms with Crippen molar-refractivity contribution < 1.29 is 4.79 Å². The lowest BCUT2D eigenvalue weighted by atomic mass is 9.99. The predicted molar refractivity (Wildman–Crippen MR) is 129 cm³/mol. The molecule has 8 nitrogen and oxygen atoms in total. The lowest BCUT2D eigenvalue weighted by Crippen LogP contribution is -2.46. The number of allylic oxidation sites excluding steroid dienone is 2. The molecule has 5 rings (SSSR count). The summed E-state index contributed by atoms with van der Waals surface area (Å²) in [5.41, 5.74) is 4.31. The van der Waals surface area contributed by atoms with E-state index in [-0.39, 0.29) is 11.9 Å². The third-order valence-corrected chi connectivity index (χ3v) is 6.60. The van der Waals surface area contributed by atoms with E-state index in [9.17, 15) is 4.79 Å². The highest BCUT2D eigenvalue weighted by Crippen LogP contribution is 2.32. The van der Waals surface area contributed by atoms with E-state index in [1.807, 2.05) is 83.7 Å². The molecule has 0 radical (unpaired) electrons. The number of rotatable bonds is 5. The molecule has 1 N–H and O–H groups in total. The lowest BCUT2D eigenvalue weighted by Gasteiger charge is -2.40. The van der Waals surface area contributed by atoms with Gasteiger partial charge in [0.1, 0.15) is 0 Å². The van der Waals surface area contributed by atoms with Gasteiger partial charge in [-0.05, 0) is 24.5 Å². The van der Waals surface area contributed by atoms with Gasteiger partial charge in [0.25, 0.3) is 0 Å². The fraction of sp³-hybridized carbons (Fsp3) is 0.320. The second kappa shape index (κ2) is 8.97. The number of benzene rings is 1. The average molecular weight is 444 g/mol. The van der Waals surface area contributed by atoms with Gasteiger partial charge in [-0.1, -0.05) is 30.3 Å². The molecule has 0 spiro atoms. The van der Waals surface area contributed by atoms with Crippen molar-refractivity contribution in [3.63, 3.8) is 0 Å². The minimum absolute atomic E-state index is 0.180. The number of dihydropyridines is 1. The van der Waals surface area contributed by atoms with Gasteiger partial charge in [-0.15, -0.1) is 0 Å².